The second-order valence-corrected chi connectivity index (χ2v) is 16.1. The Morgan fingerprint density at radius 3 is 2.17 bits per heavy atom. The summed E-state index contributed by atoms with van der Waals surface area (Å²) in [5, 5.41) is 61.7. The maximum absolute atomic E-state index is 13.6. The fourth-order valence-corrected chi connectivity index (χ4v) is 11.5. The maximum Gasteiger partial charge on any atom is 0.341 e. The van der Waals surface area contributed by atoms with Crippen LogP contribution in [-0.2, 0) is 23.9 Å². The molecule has 5 aliphatic rings. The molecule has 260 valence electrons. The summed E-state index contributed by atoms with van der Waals surface area (Å²) < 4.78 is 11.0. The van der Waals surface area contributed by atoms with Crippen LogP contribution in [0.3, 0.4) is 0 Å². The van der Waals surface area contributed by atoms with Crippen LogP contribution in [0, 0.1) is 51.8 Å². The quantitative estimate of drug-likeness (QED) is 0.122. The standard InChI is InChI=1S/C35H54O11/c1-18-8-14-35(31(43)45-17-26(37)38)15-10-21-20(23(35)16-18)6-7-24-32(21,3)13-11-25-33(24,4)12-9-22(34(25,5)44)28(30(41)42)46-27(19(2)36)29(39)40/h6,18-19,21-25,27-28,30,36,41-42,44H,7-17H2,1-5H3,(H,37,38)(H,39,40)/t18?,19?,21?,22?,23?,24?,25?,27?,28?,32?,33?,34-,35?/m1/s1. The van der Waals surface area contributed by atoms with Gasteiger partial charge in [0.1, 0.15) is 6.10 Å². The lowest BCUT2D eigenvalue weighted by Crippen LogP contribution is -2.66. The molecule has 46 heavy (non-hydrogen) atoms. The largest absolute Gasteiger partial charge is 0.479 e. The molecule has 11 heteroatoms. The molecule has 11 nitrogen and oxygen atoms in total. The molecule has 0 radical (unpaired) electrons. The van der Waals surface area contributed by atoms with Gasteiger partial charge in [0.05, 0.1) is 17.1 Å². The minimum atomic E-state index is -2.04. The van der Waals surface area contributed by atoms with Crippen LogP contribution >= 0.6 is 0 Å². The summed E-state index contributed by atoms with van der Waals surface area (Å²) in [5.41, 5.74) is -1.17. The molecular formula is C35H54O11. The average Bonchev–Trinajstić information content (AvgIpc) is 2.95. The van der Waals surface area contributed by atoms with Gasteiger partial charge in [0.2, 0.25) is 0 Å². The molecule has 5 rings (SSSR count). The molecule has 0 saturated heterocycles. The number of aliphatic hydroxyl groups is 4. The van der Waals surface area contributed by atoms with Crippen molar-refractivity contribution in [1.82, 2.24) is 0 Å². The first-order chi connectivity index (χ1) is 21.4. The summed E-state index contributed by atoms with van der Waals surface area (Å²) in [5.74, 6) is -3.01. The molecule has 0 aromatic carbocycles. The number of ether oxygens (including phenoxy) is 2. The summed E-state index contributed by atoms with van der Waals surface area (Å²) in [6, 6.07) is 0. The second-order valence-electron chi connectivity index (χ2n) is 16.1. The van der Waals surface area contributed by atoms with Crippen LogP contribution in [0.15, 0.2) is 11.6 Å². The van der Waals surface area contributed by atoms with Crippen molar-refractivity contribution in [1.29, 1.82) is 0 Å². The first-order valence-electron chi connectivity index (χ1n) is 17.1. The van der Waals surface area contributed by atoms with Gasteiger partial charge in [-0.05, 0) is 118 Å². The van der Waals surface area contributed by atoms with Gasteiger partial charge in [-0.3, -0.25) is 4.79 Å². The molecule has 0 bridgehead atoms. The summed E-state index contributed by atoms with van der Waals surface area (Å²) in [6.45, 7) is 9.18. The van der Waals surface area contributed by atoms with Crippen LogP contribution in [0.25, 0.3) is 0 Å². The summed E-state index contributed by atoms with van der Waals surface area (Å²) in [7, 11) is 0. The smallest absolute Gasteiger partial charge is 0.341 e. The normalized spacial score (nSPS) is 43.9. The van der Waals surface area contributed by atoms with E-state index in [2.05, 4.69) is 26.8 Å². The number of carbonyl (C=O) groups is 3. The predicted molar refractivity (Wildman–Crippen MR) is 165 cm³/mol. The Bertz CT molecular complexity index is 1230. The number of hydrogen-bond acceptors (Lipinski definition) is 9. The van der Waals surface area contributed by atoms with Crippen molar-refractivity contribution in [3.8, 4) is 0 Å². The first kappa shape index (κ1) is 35.3. The van der Waals surface area contributed by atoms with Crippen LogP contribution < -0.4 is 0 Å². The van der Waals surface area contributed by atoms with Crippen molar-refractivity contribution >= 4 is 17.9 Å². The Morgan fingerprint density at radius 2 is 1.57 bits per heavy atom. The molecule has 0 heterocycles. The molecule has 4 fully saturated rings. The fraction of sp³-hybridized carbons (Fsp3) is 0.857. The van der Waals surface area contributed by atoms with E-state index in [9.17, 15) is 45.0 Å². The van der Waals surface area contributed by atoms with Crippen molar-refractivity contribution in [2.45, 2.75) is 129 Å². The number of aliphatic carboxylic acids is 2. The van der Waals surface area contributed by atoms with Gasteiger partial charge in [-0.1, -0.05) is 32.4 Å². The number of carboxylic acids is 2. The number of hydrogen-bond donors (Lipinski definition) is 6. The minimum Gasteiger partial charge on any atom is -0.479 e. The van der Waals surface area contributed by atoms with E-state index in [-0.39, 0.29) is 40.5 Å². The third kappa shape index (κ3) is 5.61. The number of rotatable bonds is 9. The van der Waals surface area contributed by atoms with Gasteiger partial charge in [-0.2, -0.15) is 0 Å². The Hall–Kier alpha value is -2.05. The molecular weight excluding hydrogens is 596 g/mol. The van der Waals surface area contributed by atoms with Gasteiger partial charge in [-0.15, -0.1) is 0 Å². The third-order valence-electron chi connectivity index (χ3n) is 13.7. The zero-order chi connectivity index (χ0) is 34.0. The lowest BCUT2D eigenvalue weighted by molar-refractivity contribution is -0.264. The number of carbonyl (C=O) groups excluding carboxylic acids is 1. The average molecular weight is 651 g/mol. The molecule has 0 spiro atoms. The topological polar surface area (TPSA) is 191 Å². The summed E-state index contributed by atoms with van der Waals surface area (Å²) in [4.78, 5) is 36.6. The van der Waals surface area contributed by atoms with Gasteiger partial charge in [0, 0.05) is 5.92 Å². The predicted octanol–water partition coefficient (Wildman–Crippen LogP) is 3.51. The van der Waals surface area contributed by atoms with Gasteiger partial charge >= 0.3 is 17.9 Å². The van der Waals surface area contributed by atoms with Crippen LogP contribution in [-0.4, -0.2) is 85.4 Å². The lowest BCUT2D eigenvalue weighted by Gasteiger charge is -2.68. The number of fused-ring (bicyclic) bond motifs is 7. The highest BCUT2D eigenvalue weighted by Crippen LogP contribution is 2.71. The third-order valence-corrected chi connectivity index (χ3v) is 13.7. The molecule has 4 saturated carbocycles. The van der Waals surface area contributed by atoms with E-state index in [4.69, 9.17) is 9.47 Å². The highest BCUT2D eigenvalue weighted by atomic mass is 16.6. The molecule has 5 aliphatic carbocycles. The summed E-state index contributed by atoms with van der Waals surface area (Å²) in [6.07, 6.45) is 3.17. The molecule has 0 aliphatic heterocycles. The minimum absolute atomic E-state index is 0.0125. The van der Waals surface area contributed by atoms with Gasteiger partial charge in [0.15, 0.2) is 19.0 Å². The number of allylic oxidation sites excluding steroid dienone is 2. The SMILES string of the molecule is CC1CCC2(C(=O)OCC(=O)O)CCC3C(=CCC4C3(C)CCC3C4(C)CCC(C(OC(C(=O)O)C(C)O)C(O)O)[C@@]3(C)O)C2C1. The van der Waals surface area contributed by atoms with Crippen LogP contribution in [0.2, 0.25) is 0 Å². The zero-order valence-corrected chi connectivity index (χ0v) is 27.9. The molecule has 6 N–H and O–H groups in total. The van der Waals surface area contributed by atoms with Crippen molar-refractivity contribution in [2.24, 2.45) is 51.8 Å². The maximum atomic E-state index is 13.6. The Labute approximate surface area is 271 Å². The number of carboxylic acid groups (broad SMARTS) is 2. The highest BCUT2D eigenvalue weighted by Gasteiger charge is 2.67. The van der Waals surface area contributed by atoms with E-state index in [1.165, 1.54) is 12.5 Å². The van der Waals surface area contributed by atoms with Crippen LogP contribution in [0.1, 0.15) is 98.8 Å². The molecule has 0 aromatic rings. The van der Waals surface area contributed by atoms with E-state index in [0.29, 0.717) is 38.0 Å². The van der Waals surface area contributed by atoms with E-state index in [1.54, 1.807) is 6.92 Å². The lowest BCUT2D eigenvalue weighted by atomic mass is 9.37. The van der Waals surface area contributed by atoms with Crippen LogP contribution in [0.4, 0.5) is 0 Å². The van der Waals surface area contributed by atoms with Crippen molar-refractivity contribution in [2.75, 3.05) is 6.61 Å². The van der Waals surface area contributed by atoms with Crippen molar-refractivity contribution < 1.29 is 54.5 Å². The molecule has 0 amide bonds. The van der Waals surface area contributed by atoms with Gasteiger partial charge in [0.25, 0.3) is 0 Å². The van der Waals surface area contributed by atoms with Crippen molar-refractivity contribution in [3.63, 3.8) is 0 Å². The van der Waals surface area contributed by atoms with Gasteiger partial charge in [-0.25, -0.2) is 9.59 Å². The first-order valence-corrected chi connectivity index (χ1v) is 17.1. The monoisotopic (exact) mass is 650 g/mol. The fourth-order valence-electron chi connectivity index (χ4n) is 11.5. The molecule has 13 atom stereocenters. The number of aliphatic hydroxyl groups excluding tert-OH is 2. The highest BCUT2D eigenvalue weighted by molar-refractivity contribution is 5.81. The van der Waals surface area contributed by atoms with Crippen LogP contribution in [0.5, 0.6) is 0 Å². The Morgan fingerprint density at radius 1 is 0.913 bits per heavy atom. The van der Waals surface area contributed by atoms with E-state index in [0.717, 1.165) is 32.1 Å². The van der Waals surface area contributed by atoms with Crippen molar-refractivity contribution in [3.05, 3.63) is 11.6 Å². The number of esters is 1. The van der Waals surface area contributed by atoms with E-state index >= 15 is 0 Å². The van der Waals surface area contributed by atoms with E-state index < -0.39 is 60.1 Å². The summed E-state index contributed by atoms with van der Waals surface area (Å²) >= 11 is 0. The Balaban J connectivity index is 1.44. The van der Waals surface area contributed by atoms with E-state index in [1.807, 2.05) is 0 Å². The Kier molecular flexibility index (Phi) is 9.54. The molecule has 12 unspecified atom stereocenters. The van der Waals surface area contributed by atoms with Gasteiger partial charge < -0.3 is 40.1 Å². The second kappa shape index (κ2) is 12.4. The molecule has 0 aromatic heterocycles. The zero-order valence-electron chi connectivity index (χ0n) is 27.9.